The van der Waals surface area contributed by atoms with Gasteiger partial charge in [-0.25, -0.2) is 0 Å². The van der Waals surface area contributed by atoms with Crippen molar-refractivity contribution >= 4 is 12.4 Å². The molecule has 0 spiro atoms. The average Bonchev–Trinajstić information content (AvgIpc) is 2.64. The maximum Gasteiger partial charge on any atom is 0.160 e. The summed E-state index contributed by atoms with van der Waals surface area (Å²) in [7, 11) is 3.30. The number of hydrogen-bond donors (Lipinski definition) is 1. The molecule has 0 heterocycles. The van der Waals surface area contributed by atoms with E-state index < -0.39 is 0 Å². The SMILES string of the molecule is C=CCOc1ccc(CNCCc2ccc(OC)c(OC)c2)cc1.Cl. The summed E-state index contributed by atoms with van der Waals surface area (Å²) in [6.07, 6.45) is 2.67. The molecular weight excluding hydrogens is 338 g/mol. The standard InChI is InChI=1S/C20H25NO3.ClH/c1-4-13-24-18-8-5-17(6-9-18)15-21-12-11-16-7-10-19(22-2)20(14-16)23-3;/h4-10,14,21H,1,11-13,15H2,2-3H3;1H. The molecule has 1 N–H and O–H groups in total. The highest BCUT2D eigenvalue weighted by Crippen LogP contribution is 2.27. The summed E-state index contributed by atoms with van der Waals surface area (Å²) in [4.78, 5) is 0. The lowest BCUT2D eigenvalue weighted by molar-refractivity contribution is 0.354. The van der Waals surface area contributed by atoms with E-state index in [0.29, 0.717) is 6.61 Å². The van der Waals surface area contributed by atoms with Crippen molar-refractivity contribution in [1.29, 1.82) is 0 Å². The van der Waals surface area contributed by atoms with Crippen LogP contribution in [0.25, 0.3) is 0 Å². The Labute approximate surface area is 156 Å². The molecule has 2 aromatic carbocycles. The highest BCUT2D eigenvalue weighted by molar-refractivity contribution is 5.85. The summed E-state index contributed by atoms with van der Waals surface area (Å²) in [5.41, 5.74) is 2.45. The lowest BCUT2D eigenvalue weighted by Crippen LogP contribution is -2.16. The van der Waals surface area contributed by atoms with Gasteiger partial charge in [-0.05, 0) is 48.4 Å². The fourth-order valence-corrected chi connectivity index (χ4v) is 2.36. The topological polar surface area (TPSA) is 39.7 Å². The van der Waals surface area contributed by atoms with Crippen LogP contribution in [0.2, 0.25) is 0 Å². The summed E-state index contributed by atoms with van der Waals surface area (Å²) in [6.45, 7) is 5.89. The molecule has 0 aliphatic rings. The van der Waals surface area contributed by atoms with Crippen LogP contribution in [-0.2, 0) is 13.0 Å². The van der Waals surface area contributed by atoms with Crippen molar-refractivity contribution in [2.45, 2.75) is 13.0 Å². The minimum atomic E-state index is 0. The molecule has 0 aliphatic heterocycles. The highest BCUT2D eigenvalue weighted by Gasteiger charge is 2.04. The second-order valence-corrected chi connectivity index (χ2v) is 5.36. The fraction of sp³-hybridized carbons (Fsp3) is 0.300. The summed E-state index contributed by atoms with van der Waals surface area (Å²) >= 11 is 0. The van der Waals surface area contributed by atoms with Gasteiger partial charge < -0.3 is 19.5 Å². The summed E-state index contributed by atoms with van der Waals surface area (Å²) in [5.74, 6) is 2.39. The van der Waals surface area contributed by atoms with Crippen molar-refractivity contribution < 1.29 is 14.2 Å². The third kappa shape index (κ3) is 6.69. The molecule has 0 saturated carbocycles. The summed E-state index contributed by atoms with van der Waals surface area (Å²) in [5, 5.41) is 3.45. The van der Waals surface area contributed by atoms with Gasteiger partial charge in [-0.2, -0.15) is 0 Å². The molecule has 2 rings (SSSR count). The molecule has 0 atom stereocenters. The smallest absolute Gasteiger partial charge is 0.160 e. The van der Waals surface area contributed by atoms with Gasteiger partial charge in [0, 0.05) is 6.54 Å². The zero-order valence-electron chi connectivity index (χ0n) is 14.8. The molecule has 4 nitrogen and oxygen atoms in total. The molecule has 0 aromatic heterocycles. The lowest BCUT2D eigenvalue weighted by Gasteiger charge is -2.10. The Bertz CT molecular complexity index is 644. The molecule has 136 valence electrons. The number of nitrogens with one attached hydrogen (secondary N) is 1. The maximum absolute atomic E-state index is 5.47. The van der Waals surface area contributed by atoms with Gasteiger partial charge in [0.1, 0.15) is 12.4 Å². The van der Waals surface area contributed by atoms with E-state index in [4.69, 9.17) is 14.2 Å². The van der Waals surface area contributed by atoms with Gasteiger partial charge in [0.2, 0.25) is 0 Å². The van der Waals surface area contributed by atoms with E-state index >= 15 is 0 Å². The second kappa shape index (κ2) is 11.4. The second-order valence-electron chi connectivity index (χ2n) is 5.36. The summed E-state index contributed by atoms with van der Waals surface area (Å²) in [6, 6.07) is 14.1. The van der Waals surface area contributed by atoms with Crippen molar-refractivity contribution in [1.82, 2.24) is 5.32 Å². The Hall–Kier alpha value is -2.17. The minimum Gasteiger partial charge on any atom is -0.493 e. The van der Waals surface area contributed by atoms with Gasteiger partial charge in [-0.15, -0.1) is 12.4 Å². The minimum absolute atomic E-state index is 0. The van der Waals surface area contributed by atoms with Crippen LogP contribution in [0.1, 0.15) is 11.1 Å². The Morgan fingerprint density at radius 2 is 1.64 bits per heavy atom. The van der Waals surface area contributed by atoms with E-state index in [1.165, 1.54) is 11.1 Å². The molecule has 2 aromatic rings. The monoisotopic (exact) mass is 363 g/mol. The average molecular weight is 364 g/mol. The van der Waals surface area contributed by atoms with Gasteiger partial charge in [0.25, 0.3) is 0 Å². The third-order valence-electron chi connectivity index (χ3n) is 3.66. The van der Waals surface area contributed by atoms with E-state index in [0.717, 1.165) is 36.8 Å². The Kier molecular flexibility index (Phi) is 9.51. The molecular formula is C20H26ClNO3. The number of halogens is 1. The maximum atomic E-state index is 5.47. The Morgan fingerprint density at radius 1 is 0.960 bits per heavy atom. The quantitative estimate of drug-likeness (QED) is 0.511. The van der Waals surface area contributed by atoms with Crippen LogP contribution in [0, 0.1) is 0 Å². The molecule has 0 radical (unpaired) electrons. The first kappa shape index (κ1) is 20.9. The van der Waals surface area contributed by atoms with Gasteiger partial charge >= 0.3 is 0 Å². The fourth-order valence-electron chi connectivity index (χ4n) is 2.36. The van der Waals surface area contributed by atoms with Crippen molar-refractivity contribution in [3.8, 4) is 17.2 Å². The van der Waals surface area contributed by atoms with Crippen LogP contribution in [0.4, 0.5) is 0 Å². The first-order valence-corrected chi connectivity index (χ1v) is 8.01. The van der Waals surface area contributed by atoms with Gasteiger partial charge in [0.05, 0.1) is 14.2 Å². The molecule has 5 heteroatoms. The number of hydrogen-bond acceptors (Lipinski definition) is 4. The summed E-state index contributed by atoms with van der Waals surface area (Å²) < 4.78 is 16.1. The van der Waals surface area contributed by atoms with Crippen molar-refractivity contribution in [2.24, 2.45) is 0 Å². The number of methoxy groups -OCH3 is 2. The first-order chi connectivity index (χ1) is 11.8. The molecule has 0 aliphatic carbocycles. The van der Waals surface area contributed by atoms with E-state index in [9.17, 15) is 0 Å². The zero-order chi connectivity index (χ0) is 17.2. The van der Waals surface area contributed by atoms with E-state index in [1.807, 2.05) is 24.3 Å². The van der Waals surface area contributed by atoms with Crippen LogP contribution in [0.3, 0.4) is 0 Å². The van der Waals surface area contributed by atoms with Crippen LogP contribution in [0.15, 0.2) is 55.1 Å². The lowest BCUT2D eigenvalue weighted by atomic mass is 10.1. The van der Waals surface area contributed by atoms with Crippen molar-refractivity contribution in [2.75, 3.05) is 27.4 Å². The predicted octanol–water partition coefficient (Wildman–Crippen LogP) is 4.02. The van der Waals surface area contributed by atoms with Gasteiger partial charge in [-0.1, -0.05) is 30.9 Å². The number of benzene rings is 2. The number of rotatable bonds is 10. The van der Waals surface area contributed by atoms with Gasteiger partial charge in [-0.3, -0.25) is 0 Å². The van der Waals surface area contributed by atoms with Crippen LogP contribution < -0.4 is 19.5 Å². The first-order valence-electron chi connectivity index (χ1n) is 8.01. The molecule has 0 bridgehead atoms. The normalized spacial score (nSPS) is 9.84. The molecule has 0 amide bonds. The zero-order valence-corrected chi connectivity index (χ0v) is 15.6. The van der Waals surface area contributed by atoms with Crippen LogP contribution in [0.5, 0.6) is 17.2 Å². The van der Waals surface area contributed by atoms with Crippen LogP contribution >= 0.6 is 12.4 Å². The Morgan fingerprint density at radius 3 is 2.28 bits per heavy atom. The molecule has 25 heavy (non-hydrogen) atoms. The highest BCUT2D eigenvalue weighted by atomic mass is 35.5. The molecule has 0 unspecified atom stereocenters. The largest absolute Gasteiger partial charge is 0.493 e. The van der Waals surface area contributed by atoms with E-state index in [2.05, 4.69) is 30.1 Å². The van der Waals surface area contributed by atoms with Crippen molar-refractivity contribution in [3.05, 3.63) is 66.2 Å². The molecule has 0 saturated heterocycles. The third-order valence-corrected chi connectivity index (χ3v) is 3.66. The van der Waals surface area contributed by atoms with E-state index in [-0.39, 0.29) is 12.4 Å². The van der Waals surface area contributed by atoms with E-state index in [1.54, 1.807) is 20.3 Å². The molecule has 0 fully saturated rings. The van der Waals surface area contributed by atoms with Gasteiger partial charge in [0.15, 0.2) is 11.5 Å². The van der Waals surface area contributed by atoms with Crippen molar-refractivity contribution in [3.63, 3.8) is 0 Å². The predicted molar refractivity (Wildman–Crippen MR) is 104 cm³/mol. The van der Waals surface area contributed by atoms with Crippen LogP contribution in [-0.4, -0.2) is 27.4 Å². The Balaban J connectivity index is 0.00000312. The number of ether oxygens (including phenoxy) is 3.